The molecule has 0 bridgehead atoms. The van der Waals surface area contributed by atoms with Crippen molar-refractivity contribution in [2.24, 2.45) is 0 Å². The van der Waals surface area contributed by atoms with Crippen LogP contribution in [0.3, 0.4) is 0 Å². The Kier molecular flexibility index (Phi) is 5.07. The topological polar surface area (TPSA) is 64.1 Å². The van der Waals surface area contributed by atoms with Crippen LogP contribution >= 0.6 is 11.3 Å². The van der Waals surface area contributed by atoms with E-state index >= 15 is 0 Å². The molecule has 0 radical (unpaired) electrons. The summed E-state index contributed by atoms with van der Waals surface area (Å²) in [5.74, 6) is 1.02. The van der Waals surface area contributed by atoms with Gasteiger partial charge in [0.15, 0.2) is 0 Å². The largest absolute Gasteiger partial charge is 0.466 e. The Balaban J connectivity index is 1.81. The van der Waals surface area contributed by atoms with Crippen LogP contribution in [0.25, 0.3) is 10.2 Å². The molecular formula is C21H23N3O2S. The summed E-state index contributed by atoms with van der Waals surface area (Å²) in [7, 11) is 0. The molecular weight excluding hydrogens is 358 g/mol. The maximum absolute atomic E-state index is 11.9. The van der Waals surface area contributed by atoms with E-state index in [0.717, 1.165) is 40.1 Å². The first-order valence-electron chi connectivity index (χ1n) is 9.45. The van der Waals surface area contributed by atoms with Crippen LogP contribution in [-0.2, 0) is 28.8 Å². The fraction of sp³-hybridized carbons (Fsp3) is 0.381. The minimum Gasteiger partial charge on any atom is -0.466 e. The van der Waals surface area contributed by atoms with E-state index in [0.29, 0.717) is 12.4 Å². The van der Waals surface area contributed by atoms with E-state index in [-0.39, 0.29) is 12.4 Å². The highest BCUT2D eigenvalue weighted by molar-refractivity contribution is 7.19. The molecule has 1 aromatic carbocycles. The number of aryl methyl sites for hydroxylation is 3. The maximum Gasteiger partial charge on any atom is 0.313 e. The second-order valence-electron chi connectivity index (χ2n) is 6.80. The molecule has 0 unspecified atom stereocenters. The molecule has 0 fully saturated rings. The molecule has 2 aromatic heterocycles. The van der Waals surface area contributed by atoms with E-state index < -0.39 is 0 Å². The lowest BCUT2D eigenvalue weighted by atomic mass is 9.97. The summed E-state index contributed by atoms with van der Waals surface area (Å²) in [6, 6.07) is 8.15. The number of anilines is 2. The fourth-order valence-corrected chi connectivity index (χ4v) is 4.83. The van der Waals surface area contributed by atoms with Gasteiger partial charge in [-0.05, 0) is 56.7 Å². The number of thiophene rings is 1. The summed E-state index contributed by atoms with van der Waals surface area (Å²) in [6.45, 7) is 4.24. The summed E-state index contributed by atoms with van der Waals surface area (Å²) in [5, 5.41) is 4.62. The van der Waals surface area contributed by atoms with E-state index in [1.807, 2.05) is 18.2 Å². The molecule has 1 aliphatic carbocycles. The van der Waals surface area contributed by atoms with Crippen molar-refractivity contribution in [2.75, 3.05) is 11.9 Å². The van der Waals surface area contributed by atoms with Crippen molar-refractivity contribution in [2.45, 2.75) is 46.0 Å². The van der Waals surface area contributed by atoms with Gasteiger partial charge in [0.1, 0.15) is 22.9 Å². The van der Waals surface area contributed by atoms with Crippen molar-refractivity contribution >= 4 is 39.0 Å². The molecule has 1 N–H and O–H groups in total. The molecule has 1 aliphatic rings. The van der Waals surface area contributed by atoms with Crippen molar-refractivity contribution in [3.8, 4) is 0 Å². The quantitative estimate of drug-likeness (QED) is 0.648. The predicted molar refractivity (Wildman–Crippen MR) is 109 cm³/mol. The second kappa shape index (κ2) is 7.64. The van der Waals surface area contributed by atoms with Gasteiger partial charge in [0.2, 0.25) is 0 Å². The first kappa shape index (κ1) is 17.9. The van der Waals surface area contributed by atoms with E-state index in [1.54, 1.807) is 18.3 Å². The Morgan fingerprint density at radius 1 is 1.22 bits per heavy atom. The van der Waals surface area contributed by atoms with Gasteiger partial charge in [0, 0.05) is 10.6 Å². The van der Waals surface area contributed by atoms with Crippen LogP contribution in [0.1, 0.15) is 41.6 Å². The zero-order chi connectivity index (χ0) is 18.8. The summed E-state index contributed by atoms with van der Waals surface area (Å²) >= 11 is 1.74. The standard InChI is InChI=1S/C21H23N3O2S/c1-3-26-18(25)12-17-23-20(22-15-10-6-4-8-13(15)2)19-14-9-5-7-11-16(14)27-21(19)24-17/h4,6,8,10H,3,5,7,9,11-12H2,1-2H3,(H,22,23,24). The molecule has 0 spiro atoms. The van der Waals surface area contributed by atoms with Crippen LogP contribution in [-0.4, -0.2) is 22.5 Å². The molecule has 0 atom stereocenters. The van der Waals surface area contributed by atoms with Crippen LogP contribution < -0.4 is 5.32 Å². The van der Waals surface area contributed by atoms with E-state index in [1.165, 1.54) is 23.3 Å². The van der Waals surface area contributed by atoms with E-state index in [2.05, 4.69) is 18.3 Å². The minimum atomic E-state index is -0.292. The van der Waals surface area contributed by atoms with Crippen molar-refractivity contribution in [3.63, 3.8) is 0 Å². The van der Waals surface area contributed by atoms with Crippen molar-refractivity contribution in [1.29, 1.82) is 0 Å². The lowest BCUT2D eigenvalue weighted by Crippen LogP contribution is -2.11. The Morgan fingerprint density at radius 3 is 2.85 bits per heavy atom. The number of esters is 1. The maximum atomic E-state index is 11.9. The average Bonchev–Trinajstić information content (AvgIpc) is 3.02. The number of hydrogen-bond donors (Lipinski definition) is 1. The van der Waals surface area contributed by atoms with Crippen LogP contribution in [0, 0.1) is 6.92 Å². The third-order valence-corrected chi connectivity index (χ3v) is 6.05. The number of para-hydroxylation sites is 1. The van der Waals surface area contributed by atoms with Crippen LogP contribution in [0.15, 0.2) is 24.3 Å². The summed E-state index contributed by atoms with van der Waals surface area (Å²) < 4.78 is 5.08. The Labute approximate surface area is 162 Å². The number of nitrogens with one attached hydrogen (secondary N) is 1. The van der Waals surface area contributed by atoms with E-state index in [4.69, 9.17) is 14.7 Å². The SMILES string of the molecule is CCOC(=O)Cc1nc(Nc2ccccc2C)c2c3c(sc2n1)CCCC3. The lowest BCUT2D eigenvalue weighted by Gasteiger charge is -2.14. The average molecular weight is 382 g/mol. The number of nitrogens with zero attached hydrogens (tertiary/aromatic N) is 2. The molecule has 4 rings (SSSR count). The molecule has 0 saturated heterocycles. The predicted octanol–water partition coefficient (Wildman–Crippen LogP) is 4.73. The zero-order valence-corrected chi connectivity index (χ0v) is 16.5. The molecule has 140 valence electrons. The molecule has 6 heteroatoms. The first-order chi connectivity index (χ1) is 13.2. The minimum absolute atomic E-state index is 0.0921. The number of aromatic nitrogens is 2. The number of hydrogen-bond acceptors (Lipinski definition) is 6. The molecule has 2 heterocycles. The zero-order valence-electron chi connectivity index (χ0n) is 15.7. The van der Waals surface area contributed by atoms with Gasteiger partial charge in [0.25, 0.3) is 0 Å². The normalized spacial score (nSPS) is 13.4. The smallest absolute Gasteiger partial charge is 0.313 e. The monoisotopic (exact) mass is 381 g/mol. The summed E-state index contributed by atoms with van der Waals surface area (Å²) in [5.41, 5.74) is 3.55. The highest BCUT2D eigenvalue weighted by Crippen LogP contribution is 2.39. The number of ether oxygens (including phenoxy) is 1. The van der Waals surface area contributed by atoms with Gasteiger partial charge in [0.05, 0.1) is 12.0 Å². The molecule has 27 heavy (non-hydrogen) atoms. The van der Waals surface area contributed by atoms with E-state index in [9.17, 15) is 4.79 Å². The van der Waals surface area contributed by atoms with Gasteiger partial charge in [-0.3, -0.25) is 4.79 Å². The van der Waals surface area contributed by atoms with Gasteiger partial charge in [-0.1, -0.05) is 18.2 Å². The van der Waals surface area contributed by atoms with Gasteiger partial charge in [-0.2, -0.15) is 0 Å². The van der Waals surface area contributed by atoms with Crippen molar-refractivity contribution in [1.82, 2.24) is 9.97 Å². The Hall–Kier alpha value is -2.47. The number of carbonyl (C=O) groups is 1. The van der Waals surface area contributed by atoms with Crippen LogP contribution in [0.5, 0.6) is 0 Å². The molecule has 5 nitrogen and oxygen atoms in total. The molecule has 0 amide bonds. The van der Waals surface area contributed by atoms with Crippen molar-refractivity contribution < 1.29 is 9.53 Å². The number of benzene rings is 1. The fourth-order valence-electron chi connectivity index (χ4n) is 3.55. The third kappa shape index (κ3) is 3.67. The summed E-state index contributed by atoms with van der Waals surface area (Å²) in [4.78, 5) is 23.7. The summed E-state index contributed by atoms with van der Waals surface area (Å²) in [6.07, 6.45) is 4.69. The highest BCUT2D eigenvalue weighted by atomic mass is 32.1. The highest BCUT2D eigenvalue weighted by Gasteiger charge is 2.22. The van der Waals surface area contributed by atoms with Crippen LogP contribution in [0.4, 0.5) is 11.5 Å². The van der Waals surface area contributed by atoms with Gasteiger partial charge in [-0.25, -0.2) is 9.97 Å². The van der Waals surface area contributed by atoms with Gasteiger partial charge >= 0.3 is 5.97 Å². The second-order valence-corrected chi connectivity index (χ2v) is 7.88. The third-order valence-electron chi connectivity index (χ3n) is 4.87. The van der Waals surface area contributed by atoms with Gasteiger partial charge in [-0.15, -0.1) is 11.3 Å². The first-order valence-corrected chi connectivity index (χ1v) is 10.3. The number of rotatable bonds is 5. The number of carbonyl (C=O) groups excluding carboxylic acids is 1. The lowest BCUT2D eigenvalue weighted by molar-refractivity contribution is -0.142. The Morgan fingerprint density at radius 2 is 2.04 bits per heavy atom. The molecule has 3 aromatic rings. The number of fused-ring (bicyclic) bond motifs is 3. The van der Waals surface area contributed by atoms with Crippen molar-refractivity contribution in [3.05, 3.63) is 46.1 Å². The van der Waals surface area contributed by atoms with Crippen LogP contribution in [0.2, 0.25) is 0 Å². The Bertz CT molecular complexity index is 997. The van der Waals surface area contributed by atoms with Gasteiger partial charge < -0.3 is 10.1 Å². The molecule has 0 saturated carbocycles. The molecule has 0 aliphatic heterocycles.